The minimum Gasteiger partial charge on any atom is -0.505 e. The van der Waals surface area contributed by atoms with E-state index in [1.165, 1.54) is 12.1 Å². The van der Waals surface area contributed by atoms with Gasteiger partial charge in [0.15, 0.2) is 11.6 Å². The predicted molar refractivity (Wildman–Crippen MR) is 60.5 cm³/mol. The second-order valence-electron chi connectivity index (χ2n) is 4.41. The first-order valence-electron chi connectivity index (χ1n) is 5.59. The molecule has 1 saturated heterocycles. The van der Waals surface area contributed by atoms with Crippen LogP contribution in [0.2, 0.25) is 0 Å². The fourth-order valence-electron chi connectivity index (χ4n) is 2.16. The number of rotatable bonds is 3. The molecule has 1 aromatic rings. The van der Waals surface area contributed by atoms with Crippen molar-refractivity contribution in [1.29, 1.82) is 0 Å². The van der Waals surface area contributed by atoms with Crippen molar-refractivity contribution < 1.29 is 9.50 Å². The average molecular weight is 224 g/mol. The summed E-state index contributed by atoms with van der Waals surface area (Å²) in [7, 11) is 0. The van der Waals surface area contributed by atoms with Crippen LogP contribution in [0.1, 0.15) is 12.0 Å². The lowest BCUT2D eigenvalue weighted by atomic mass is 10.1. The van der Waals surface area contributed by atoms with Crippen LogP contribution in [0, 0.1) is 11.7 Å². The highest BCUT2D eigenvalue weighted by Crippen LogP contribution is 2.20. The summed E-state index contributed by atoms with van der Waals surface area (Å²) in [5.41, 5.74) is 6.51. The van der Waals surface area contributed by atoms with Gasteiger partial charge in [0, 0.05) is 13.1 Å². The van der Waals surface area contributed by atoms with Gasteiger partial charge in [-0.2, -0.15) is 0 Å². The van der Waals surface area contributed by atoms with Crippen LogP contribution in [-0.4, -0.2) is 29.6 Å². The van der Waals surface area contributed by atoms with Gasteiger partial charge >= 0.3 is 0 Å². The van der Waals surface area contributed by atoms with Gasteiger partial charge in [-0.25, -0.2) is 4.39 Å². The van der Waals surface area contributed by atoms with E-state index in [4.69, 9.17) is 10.8 Å². The first-order valence-corrected chi connectivity index (χ1v) is 5.59. The smallest absolute Gasteiger partial charge is 0.165 e. The van der Waals surface area contributed by atoms with Crippen LogP contribution >= 0.6 is 0 Å². The van der Waals surface area contributed by atoms with Gasteiger partial charge in [-0.15, -0.1) is 0 Å². The number of halogens is 1. The maximum Gasteiger partial charge on any atom is 0.165 e. The Labute approximate surface area is 94.7 Å². The van der Waals surface area contributed by atoms with Gasteiger partial charge in [0.2, 0.25) is 0 Å². The molecule has 0 spiro atoms. The van der Waals surface area contributed by atoms with E-state index in [1.807, 2.05) is 0 Å². The summed E-state index contributed by atoms with van der Waals surface area (Å²) in [6, 6.07) is 4.56. The van der Waals surface area contributed by atoms with Crippen LogP contribution in [0.3, 0.4) is 0 Å². The predicted octanol–water partition coefficient (Wildman–Crippen LogP) is 1.31. The Hall–Kier alpha value is -1.13. The van der Waals surface area contributed by atoms with Crippen LogP contribution in [-0.2, 0) is 6.54 Å². The van der Waals surface area contributed by atoms with E-state index in [2.05, 4.69) is 4.90 Å². The van der Waals surface area contributed by atoms with E-state index in [-0.39, 0.29) is 5.75 Å². The number of aromatic hydroxyl groups is 1. The Balaban J connectivity index is 1.97. The van der Waals surface area contributed by atoms with Crippen molar-refractivity contribution >= 4 is 0 Å². The molecular formula is C12H17FN2O. The van der Waals surface area contributed by atoms with Crippen molar-refractivity contribution in [1.82, 2.24) is 4.90 Å². The monoisotopic (exact) mass is 224 g/mol. The molecule has 0 aromatic heterocycles. The number of benzene rings is 1. The van der Waals surface area contributed by atoms with Crippen molar-refractivity contribution in [3.8, 4) is 5.75 Å². The first kappa shape index (κ1) is 11.4. The minimum atomic E-state index is -0.549. The van der Waals surface area contributed by atoms with Crippen molar-refractivity contribution in [2.24, 2.45) is 11.7 Å². The zero-order chi connectivity index (χ0) is 11.5. The molecule has 1 unspecified atom stereocenters. The Kier molecular flexibility index (Phi) is 3.41. The molecule has 0 saturated carbocycles. The van der Waals surface area contributed by atoms with Gasteiger partial charge in [-0.05, 0) is 43.1 Å². The van der Waals surface area contributed by atoms with Crippen LogP contribution in [0.15, 0.2) is 18.2 Å². The number of phenols is 1. The van der Waals surface area contributed by atoms with Gasteiger partial charge in [0.05, 0.1) is 0 Å². The SMILES string of the molecule is NCC1CCN(Cc2ccc(O)c(F)c2)C1. The number of hydrogen-bond acceptors (Lipinski definition) is 3. The van der Waals surface area contributed by atoms with Crippen molar-refractivity contribution in [2.45, 2.75) is 13.0 Å². The Morgan fingerprint density at radius 2 is 2.31 bits per heavy atom. The molecule has 3 N–H and O–H groups in total. The van der Waals surface area contributed by atoms with Gasteiger partial charge in [0.25, 0.3) is 0 Å². The second-order valence-corrected chi connectivity index (χ2v) is 4.41. The number of nitrogens with two attached hydrogens (primary N) is 1. The highest BCUT2D eigenvalue weighted by molar-refractivity contribution is 5.28. The molecule has 4 heteroatoms. The van der Waals surface area contributed by atoms with Gasteiger partial charge in [-0.3, -0.25) is 4.90 Å². The van der Waals surface area contributed by atoms with Crippen LogP contribution in [0.5, 0.6) is 5.75 Å². The zero-order valence-electron chi connectivity index (χ0n) is 9.19. The second kappa shape index (κ2) is 4.80. The molecule has 2 rings (SSSR count). The topological polar surface area (TPSA) is 49.5 Å². The van der Waals surface area contributed by atoms with Gasteiger partial charge in [0.1, 0.15) is 0 Å². The number of hydrogen-bond donors (Lipinski definition) is 2. The maximum absolute atomic E-state index is 13.1. The largest absolute Gasteiger partial charge is 0.505 e. The summed E-state index contributed by atoms with van der Waals surface area (Å²) in [4.78, 5) is 2.27. The summed E-state index contributed by atoms with van der Waals surface area (Å²) >= 11 is 0. The minimum absolute atomic E-state index is 0.287. The Bertz CT molecular complexity index is 370. The molecule has 1 fully saturated rings. The standard InChI is InChI=1S/C12H17FN2O/c13-11-5-9(1-2-12(11)16)7-15-4-3-10(6-14)8-15/h1-2,5,10,16H,3-4,6-8,14H2. The molecule has 1 atom stereocenters. The molecule has 1 aliphatic heterocycles. The molecule has 88 valence electrons. The summed E-state index contributed by atoms with van der Waals surface area (Å²) in [6.07, 6.45) is 1.12. The van der Waals surface area contributed by atoms with E-state index in [9.17, 15) is 4.39 Å². The lowest BCUT2D eigenvalue weighted by Crippen LogP contribution is -2.22. The van der Waals surface area contributed by atoms with Crippen molar-refractivity contribution in [3.05, 3.63) is 29.6 Å². The third-order valence-corrected chi connectivity index (χ3v) is 3.12. The fraction of sp³-hybridized carbons (Fsp3) is 0.500. The lowest BCUT2D eigenvalue weighted by Gasteiger charge is -2.15. The summed E-state index contributed by atoms with van der Waals surface area (Å²) in [5.74, 6) is -0.265. The third-order valence-electron chi connectivity index (χ3n) is 3.12. The van der Waals surface area contributed by atoms with E-state index in [0.29, 0.717) is 5.92 Å². The molecule has 1 heterocycles. The third kappa shape index (κ3) is 2.51. The molecule has 1 aliphatic rings. The van der Waals surface area contributed by atoms with Gasteiger partial charge in [-0.1, -0.05) is 6.07 Å². The normalized spacial score (nSPS) is 21.5. The zero-order valence-corrected chi connectivity index (χ0v) is 9.19. The molecule has 16 heavy (non-hydrogen) atoms. The van der Waals surface area contributed by atoms with Crippen LogP contribution < -0.4 is 5.73 Å². The molecule has 3 nitrogen and oxygen atoms in total. The number of phenolic OH excluding ortho intramolecular Hbond substituents is 1. The van der Waals surface area contributed by atoms with E-state index < -0.39 is 5.82 Å². The summed E-state index contributed by atoms with van der Waals surface area (Å²) in [5, 5.41) is 9.08. The fourth-order valence-corrected chi connectivity index (χ4v) is 2.16. The van der Waals surface area contributed by atoms with E-state index in [1.54, 1.807) is 6.07 Å². The number of likely N-dealkylation sites (tertiary alicyclic amines) is 1. The average Bonchev–Trinajstić information content (AvgIpc) is 2.71. The Morgan fingerprint density at radius 3 is 2.94 bits per heavy atom. The molecule has 0 aliphatic carbocycles. The summed E-state index contributed by atoms with van der Waals surface area (Å²) < 4.78 is 13.1. The van der Waals surface area contributed by atoms with Gasteiger partial charge < -0.3 is 10.8 Å². The molecule has 1 aromatic carbocycles. The van der Waals surface area contributed by atoms with Crippen molar-refractivity contribution in [2.75, 3.05) is 19.6 Å². The van der Waals surface area contributed by atoms with Crippen LogP contribution in [0.4, 0.5) is 4.39 Å². The quantitative estimate of drug-likeness (QED) is 0.814. The Morgan fingerprint density at radius 1 is 1.50 bits per heavy atom. The van der Waals surface area contributed by atoms with Crippen LogP contribution in [0.25, 0.3) is 0 Å². The highest BCUT2D eigenvalue weighted by atomic mass is 19.1. The molecule has 0 amide bonds. The first-order chi connectivity index (χ1) is 7.69. The molecule has 0 radical (unpaired) electrons. The lowest BCUT2D eigenvalue weighted by molar-refractivity contribution is 0.317. The van der Waals surface area contributed by atoms with E-state index >= 15 is 0 Å². The number of nitrogens with zero attached hydrogens (tertiary/aromatic N) is 1. The van der Waals surface area contributed by atoms with E-state index in [0.717, 1.165) is 38.2 Å². The highest BCUT2D eigenvalue weighted by Gasteiger charge is 2.21. The molecule has 0 bridgehead atoms. The molecular weight excluding hydrogens is 207 g/mol. The maximum atomic E-state index is 13.1. The van der Waals surface area contributed by atoms with Crippen molar-refractivity contribution in [3.63, 3.8) is 0 Å². The summed E-state index contributed by atoms with van der Waals surface area (Å²) in [6.45, 7) is 3.46.